The van der Waals surface area contributed by atoms with Crippen LogP contribution in [-0.4, -0.2) is 12.5 Å². The molecule has 1 aromatic heterocycles. The summed E-state index contributed by atoms with van der Waals surface area (Å²) in [5.41, 5.74) is 0.114. The maximum Gasteiger partial charge on any atom is 0.322 e. The van der Waals surface area contributed by atoms with E-state index in [2.05, 4.69) is 5.32 Å². The molecule has 0 bridgehead atoms. The monoisotopic (exact) mass is 243 g/mol. The molecule has 1 aliphatic rings. The largest absolute Gasteiger partial charge is 0.469 e. The van der Waals surface area contributed by atoms with Crippen molar-refractivity contribution in [2.24, 2.45) is 0 Å². The third kappa shape index (κ3) is 1.91. The molecule has 92 valence electrons. The molecule has 18 heavy (non-hydrogen) atoms. The lowest BCUT2D eigenvalue weighted by molar-refractivity contribution is -0.149. The summed E-state index contributed by atoms with van der Waals surface area (Å²) in [6.45, 7) is 0.218. The summed E-state index contributed by atoms with van der Waals surface area (Å²) < 4.78 is 10.8. The average molecular weight is 243 g/mol. The molecule has 2 aromatic rings. The lowest BCUT2D eigenvalue weighted by Gasteiger charge is -2.27. The van der Waals surface area contributed by atoms with E-state index >= 15 is 0 Å². The second-order valence-corrected chi connectivity index (χ2v) is 4.28. The summed E-state index contributed by atoms with van der Waals surface area (Å²) in [5, 5.41) is 3.14. The van der Waals surface area contributed by atoms with Crippen LogP contribution < -0.4 is 5.32 Å². The predicted octanol–water partition coefficient (Wildman–Crippen LogP) is 1.82. The molecule has 0 saturated carbocycles. The minimum Gasteiger partial charge on any atom is -0.469 e. The number of carbonyl (C=O) groups excluding carboxylic acids is 1. The van der Waals surface area contributed by atoms with E-state index in [0.29, 0.717) is 6.42 Å². The highest BCUT2D eigenvalue weighted by Crippen LogP contribution is 2.30. The Kier molecular flexibility index (Phi) is 2.64. The predicted molar refractivity (Wildman–Crippen MR) is 64.6 cm³/mol. The molecule has 3 rings (SSSR count). The number of nitrogens with one attached hydrogen (secondary N) is 1. The number of ether oxygens (including phenoxy) is 1. The SMILES string of the molecule is O=C1CNC(Cc2ccco2)(c2ccccc2)O1. The Bertz CT molecular complexity index is 535. The van der Waals surface area contributed by atoms with Crippen LogP contribution in [0.4, 0.5) is 0 Å². The number of rotatable bonds is 3. The molecule has 1 N–H and O–H groups in total. The van der Waals surface area contributed by atoms with Crippen LogP contribution in [0.5, 0.6) is 0 Å². The van der Waals surface area contributed by atoms with E-state index in [0.717, 1.165) is 11.3 Å². The molecule has 4 nitrogen and oxygen atoms in total. The summed E-state index contributed by atoms with van der Waals surface area (Å²) >= 11 is 0. The third-order valence-electron chi connectivity index (χ3n) is 3.05. The Hall–Kier alpha value is -2.07. The maximum absolute atomic E-state index is 11.4. The van der Waals surface area contributed by atoms with Gasteiger partial charge in [0, 0.05) is 5.56 Å². The summed E-state index contributed by atoms with van der Waals surface area (Å²) in [7, 11) is 0. The number of hydrogen-bond donors (Lipinski definition) is 1. The van der Waals surface area contributed by atoms with Gasteiger partial charge in [0.15, 0.2) is 5.72 Å². The molecule has 1 unspecified atom stereocenters. The van der Waals surface area contributed by atoms with Crippen molar-refractivity contribution in [3.8, 4) is 0 Å². The first-order chi connectivity index (χ1) is 8.78. The van der Waals surface area contributed by atoms with Gasteiger partial charge in [-0.2, -0.15) is 0 Å². The Balaban J connectivity index is 1.97. The molecule has 1 aromatic carbocycles. The Morgan fingerprint density at radius 3 is 2.61 bits per heavy atom. The molecule has 0 aliphatic carbocycles. The van der Waals surface area contributed by atoms with Crippen molar-refractivity contribution in [2.45, 2.75) is 12.1 Å². The fourth-order valence-corrected chi connectivity index (χ4v) is 2.21. The Labute approximate surface area is 105 Å². The smallest absolute Gasteiger partial charge is 0.322 e. The highest BCUT2D eigenvalue weighted by atomic mass is 16.6. The number of esters is 1. The summed E-state index contributed by atoms with van der Waals surface area (Å²) in [6, 6.07) is 13.4. The lowest BCUT2D eigenvalue weighted by Crippen LogP contribution is -2.40. The van der Waals surface area contributed by atoms with Crippen molar-refractivity contribution in [1.29, 1.82) is 0 Å². The molecular formula is C14H13NO3. The molecule has 4 heteroatoms. The van der Waals surface area contributed by atoms with Gasteiger partial charge >= 0.3 is 5.97 Å². The van der Waals surface area contributed by atoms with Crippen LogP contribution in [0.2, 0.25) is 0 Å². The van der Waals surface area contributed by atoms with Crippen molar-refractivity contribution in [2.75, 3.05) is 6.54 Å². The normalized spacial score (nSPS) is 23.0. The zero-order chi connectivity index (χ0) is 12.4. The number of hydrogen-bond acceptors (Lipinski definition) is 4. The van der Waals surface area contributed by atoms with Gasteiger partial charge in [-0.25, -0.2) is 0 Å². The average Bonchev–Trinajstić information content (AvgIpc) is 3.02. The Morgan fingerprint density at radius 2 is 2.00 bits per heavy atom. The fraction of sp³-hybridized carbons (Fsp3) is 0.214. The number of carbonyl (C=O) groups is 1. The minimum absolute atomic E-state index is 0.218. The van der Waals surface area contributed by atoms with Gasteiger partial charge in [0.25, 0.3) is 0 Å². The van der Waals surface area contributed by atoms with E-state index in [-0.39, 0.29) is 12.5 Å². The van der Waals surface area contributed by atoms with Crippen LogP contribution in [0.1, 0.15) is 11.3 Å². The second-order valence-electron chi connectivity index (χ2n) is 4.28. The number of benzene rings is 1. The molecule has 1 atom stereocenters. The molecule has 2 heterocycles. The van der Waals surface area contributed by atoms with Gasteiger partial charge in [-0.15, -0.1) is 0 Å². The first-order valence-corrected chi connectivity index (χ1v) is 5.83. The molecule has 1 saturated heterocycles. The molecule has 1 aliphatic heterocycles. The van der Waals surface area contributed by atoms with E-state index in [1.165, 1.54) is 0 Å². The van der Waals surface area contributed by atoms with Gasteiger partial charge in [-0.1, -0.05) is 30.3 Å². The summed E-state index contributed by atoms with van der Waals surface area (Å²) in [4.78, 5) is 11.4. The van der Waals surface area contributed by atoms with Gasteiger partial charge in [0.05, 0.1) is 19.2 Å². The van der Waals surface area contributed by atoms with Gasteiger partial charge in [-0.3, -0.25) is 10.1 Å². The standard InChI is InChI=1S/C14H13NO3/c16-13-10-15-14(18-13,9-12-7-4-8-17-12)11-5-2-1-3-6-11/h1-8,15H,9-10H2. The van der Waals surface area contributed by atoms with Crippen molar-refractivity contribution >= 4 is 5.97 Å². The maximum atomic E-state index is 11.4. The van der Waals surface area contributed by atoms with Crippen molar-refractivity contribution in [3.63, 3.8) is 0 Å². The molecule has 0 amide bonds. The van der Waals surface area contributed by atoms with E-state index in [4.69, 9.17) is 9.15 Å². The highest BCUT2D eigenvalue weighted by Gasteiger charge is 2.42. The Morgan fingerprint density at radius 1 is 1.17 bits per heavy atom. The quantitative estimate of drug-likeness (QED) is 0.835. The first kappa shape index (κ1) is 11.0. The van der Waals surface area contributed by atoms with Crippen LogP contribution in [-0.2, 0) is 21.7 Å². The van der Waals surface area contributed by atoms with Gasteiger partial charge < -0.3 is 9.15 Å². The van der Waals surface area contributed by atoms with E-state index in [1.54, 1.807) is 6.26 Å². The zero-order valence-corrected chi connectivity index (χ0v) is 9.76. The lowest BCUT2D eigenvalue weighted by atomic mass is 9.98. The van der Waals surface area contributed by atoms with Gasteiger partial charge in [-0.05, 0) is 12.1 Å². The van der Waals surface area contributed by atoms with Crippen LogP contribution >= 0.6 is 0 Å². The van der Waals surface area contributed by atoms with Gasteiger partial charge in [0.2, 0.25) is 0 Å². The molecule has 0 spiro atoms. The third-order valence-corrected chi connectivity index (χ3v) is 3.05. The van der Waals surface area contributed by atoms with Crippen LogP contribution in [0.25, 0.3) is 0 Å². The minimum atomic E-state index is -0.809. The van der Waals surface area contributed by atoms with Crippen molar-refractivity contribution in [1.82, 2.24) is 5.32 Å². The zero-order valence-electron chi connectivity index (χ0n) is 9.76. The molecule has 0 radical (unpaired) electrons. The molecule has 1 fully saturated rings. The number of furan rings is 1. The second kappa shape index (κ2) is 4.31. The highest BCUT2D eigenvalue weighted by molar-refractivity contribution is 5.74. The van der Waals surface area contributed by atoms with Crippen LogP contribution in [0.15, 0.2) is 53.1 Å². The number of cyclic esters (lactones) is 1. The van der Waals surface area contributed by atoms with E-state index < -0.39 is 5.72 Å². The van der Waals surface area contributed by atoms with E-state index in [9.17, 15) is 4.79 Å². The molecular weight excluding hydrogens is 230 g/mol. The van der Waals surface area contributed by atoms with Crippen LogP contribution in [0, 0.1) is 0 Å². The fourth-order valence-electron chi connectivity index (χ4n) is 2.21. The van der Waals surface area contributed by atoms with E-state index in [1.807, 2.05) is 42.5 Å². The topological polar surface area (TPSA) is 51.5 Å². The van der Waals surface area contributed by atoms with Gasteiger partial charge in [0.1, 0.15) is 5.76 Å². The summed E-state index contributed by atoms with van der Waals surface area (Å²) in [6.07, 6.45) is 2.10. The summed E-state index contributed by atoms with van der Waals surface area (Å²) in [5.74, 6) is 0.534. The van der Waals surface area contributed by atoms with Crippen molar-refractivity contribution in [3.05, 3.63) is 60.1 Å². The first-order valence-electron chi connectivity index (χ1n) is 5.83. The van der Waals surface area contributed by atoms with Crippen molar-refractivity contribution < 1.29 is 13.9 Å². The van der Waals surface area contributed by atoms with Crippen LogP contribution in [0.3, 0.4) is 0 Å².